The Morgan fingerprint density at radius 1 is 1.30 bits per heavy atom. The van der Waals surface area contributed by atoms with E-state index in [2.05, 4.69) is 16.1 Å². The zero-order valence-corrected chi connectivity index (χ0v) is 13.9. The van der Waals surface area contributed by atoms with E-state index in [1.54, 1.807) is 0 Å². The number of aromatic nitrogens is 3. The summed E-state index contributed by atoms with van der Waals surface area (Å²) < 4.78 is 1.83. The van der Waals surface area contributed by atoms with E-state index in [9.17, 15) is 9.59 Å². The lowest BCUT2D eigenvalue weighted by Crippen LogP contribution is -2.30. The smallest absolute Gasteiger partial charge is 0.294 e. The molecule has 23 heavy (non-hydrogen) atoms. The number of carbonyl (C=O) groups is 1. The second kappa shape index (κ2) is 5.58. The molecule has 0 unspecified atom stereocenters. The SMILES string of the molecule is Cc1ccc(-c2nn(CC(N)=O)c(=O)c3nc(C)sc23)c(C)c1. The van der Waals surface area contributed by atoms with Crippen LogP contribution >= 0.6 is 11.3 Å². The van der Waals surface area contributed by atoms with Gasteiger partial charge < -0.3 is 5.73 Å². The highest BCUT2D eigenvalue weighted by Gasteiger charge is 2.18. The van der Waals surface area contributed by atoms with Crippen molar-refractivity contribution < 1.29 is 4.79 Å². The number of hydrogen-bond acceptors (Lipinski definition) is 5. The molecule has 0 radical (unpaired) electrons. The molecule has 2 aromatic heterocycles. The van der Waals surface area contributed by atoms with Gasteiger partial charge in [0.25, 0.3) is 5.56 Å². The van der Waals surface area contributed by atoms with E-state index in [-0.39, 0.29) is 6.54 Å². The number of aryl methyl sites for hydroxylation is 3. The number of fused-ring (bicyclic) bond motifs is 1. The number of primary amides is 1. The number of benzene rings is 1. The van der Waals surface area contributed by atoms with Gasteiger partial charge in [0.15, 0.2) is 5.52 Å². The molecule has 2 heterocycles. The van der Waals surface area contributed by atoms with Gasteiger partial charge in [0.05, 0.1) is 9.71 Å². The van der Waals surface area contributed by atoms with E-state index in [1.165, 1.54) is 11.3 Å². The van der Waals surface area contributed by atoms with Gasteiger partial charge in [0.2, 0.25) is 5.91 Å². The van der Waals surface area contributed by atoms with E-state index in [0.717, 1.165) is 31.1 Å². The Bertz CT molecular complexity index is 988. The molecule has 1 amide bonds. The second-order valence-electron chi connectivity index (χ2n) is 5.51. The molecule has 0 aliphatic rings. The quantitative estimate of drug-likeness (QED) is 0.795. The topological polar surface area (TPSA) is 90.9 Å². The minimum Gasteiger partial charge on any atom is -0.368 e. The molecule has 118 valence electrons. The molecule has 0 atom stereocenters. The third-order valence-electron chi connectivity index (χ3n) is 3.55. The lowest BCUT2D eigenvalue weighted by Gasteiger charge is -2.10. The predicted octanol–water partition coefficient (Wildman–Crippen LogP) is 1.93. The Balaban J connectivity index is 2.36. The fourth-order valence-corrected chi connectivity index (χ4v) is 3.49. The van der Waals surface area contributed by atoms with Gasteiger partial charge in [-0.3, -0.25) is 9.59 Å². The molecule has 3 aromatic rings. The zero-order chi connectivity index (χ0) is 16.7. The molecular weight excluding hydrogens is 312 g/mol. The van der Waals surface area contributed by atoms with Crippen molar-refractivity contribution >= 4 is 27.5 Å². The lowest BCUT2D eigenvalue weighted by atomic mass is 10.0. The van der Waals surface area contributed by atoms with E-state index < -0.39 is 11.5 Å². The van der Waals surface area contributed by atoms with Crippen molar-refractivity contribution in [2.24, 2.45) is 5.73 Å². The Kier molecular flexibility index (Phi) is 3.73. The largest absolute Gasteiger partial charge is 0.368 e. The summed E-state index contributed by atoms with van der Waals surface area (Å²) in [5.74, 6) is -0.613. The highest BCUT2D eigenvalue weighted by atomic mass is 32.1. The number of nitrogens with two attached hydrogens (primary N) is 1. The maximum Gasteiger partial charge on any atom is 0.294 e. The molecule has 0 saturated carbocycles. The normalized spacial score (nSPS) is 11.1. The number of hydrogen-bond donors (Lipinski definition) is 1. The average molecular weight is 328 g/mol. The molecule has 0 fully saturated rings. The van der Waals surface area contributed by atoms with E-state index in [0.29, 0.717) is 11.2 Å². The first-order chi connectivity index (χ1) is 10.9. The Morgan fingerprint density at radius 2 is 2.04 bits per heavy atom. The first kappa shape index (κ1) is 15.4. The molecule has 0 aliphatic heterocycles. The third kappa shape index (κ3) is 2.75. The van der Waals surface area contributed by atoms with Gasteiger partial charge >= 0.3 is 0 Å². The van der Waals surface area contributed by atoms with Crippen molar-refractivity contribution in [1.82, 2.24) is 14.8 Å². The van der Waals surface area contributed by atoms with Crippen LogP contribution < -0.4 is 11.3 Å². The molecule has 0 saturated heterocycles. The highest BCUT2D eigenvalue weighted by molar-refractivity contribution is 7.19. The summed E-state index contributed by atoms with van der Waals surface area (Å²) in [4.78, 5) is 28.0. The summed E-state index contributed by atoms with van der Waals surface area (Å²) >= 11 is 1.43. The number of nitrogens with zero attached hydrogens (tertiary/aromatic N) is 3. The molecule has 0 aliphatic carbocycles. The molecular formula is C16H16N4O2S. The van der Waals surface area contributed by atoms with Crippen molar-refractivity contribution in [1.29, 1.82) is 0 Å². The number of thiazole rings is 1. The van der Waals surface area contributed by atoms with Gasteiger partial charge in [0.1, 0.15) is 12.2 Å². The molecule has 3 rings (SSSR count). The number of rotatable bonds is 3. The van der Waals surface area contributed by atoms with Crippen molar-refractivity contribution in [2.45, 2.75) is 27.3 Å². The fourth-order valence-electron chi connectivity index (χ4n) is 2.58. The van der Waals surface area contributed by atoms with Crippen molar-refractivity contribution in [2.75, 3.05) is 0 Å². The van der Waals surface area contributed by atoms with E-state index in [1.807, 2.05) is 32.9 Å². The Hall–Kier alpha value is -2.54. The number of carbonyl (C=O) groups excluding carboxylic acids is 1. The zero-order valence-electron chi connectivity index (χ0n) is 13.1. The minimum absolute atomic E-state index is 0.261. The van der Waals surface area contributed by atoms with Crippen LogP contribution in [0, 0.1) is 20.8 Å². The molecule has 0 bridgehead atoms. The van der Waals surface area contributed by atoms with E-state index in [4.69, 9.17) is 5.73 Å². The van der Waals surface area contributed by atoms with Crippen LogP contribution in [0.5, 0.6) is 0 Å². The summed E-state index contributed by atoms with van der Waals surface area (Å²) in [6, 6.07) is 6.02. The van der Waals surface area contributed by atoms with Crippen LogP contribution in [0.4, 0.5) is 0 Å². The van der Waals surface area contributed by atoms with Crippen LogP contribution in [0.2, 0.25) is 0 Å². The van der Waals surface area contributed by atoms with Gasteiger partial charge in [-0.05, 0) is 26.3 Å². The number of amides is 1. The van der Waals surface area contributed by atoms with Crippen LogP contribution in [0.1, 0.15) is 16.1 Å². The average Bonchev–Trinajstić information content (AvgIpc) is 2.84. The summed E-state index contributed by atoms with van der Waals surface area (Å²) in [7, 11) is 0. The van der Waals surface area contributed by atoms with Crippen LogP contribution in [0.3, 0.4) is 0 Å². The maximum absolute atomic E-state index is 12.4. The lowest BCUT2D eigenvalue weighted by molar-refractivity contribution is -0.118. The summed E-state index contributed by atoms with van der Waals surface area (Å²) in [5, 5.41) is 5.17. The molecule has 7 heteroatoms. The van der Waals surface area contributed by atoms with Crippen molar-refractivity contribution in [3.8, 4) is 11.3 Å². The summed E-state index contributed by atoms with van der Waals surface area (Å²) in [5.41, 5.74) is 8.94. The van der Waals surface area contributed by atoms with Gasteiger partial charge in [-0.2, -0.15) is 5.10 Å². The molecule has 0 spiro atoms. The van der Waals surface area contributed by atoms with Crippen LogP contribution in [-0.2, 0) is 11.3 Å². The summed E-state index contributed by atoms with van der Waals surface area (Å²) in [6.45, 7) is 5.59. The van der Waals surface area contributed by atoms with Crippen LogP contribution in [0.15, 0.2) is 23.0 Å². The standard InChI is InChI=1S/C16H16N4O2S/c1-8-4-5-11(9(2)6-8)13-15-14(18-10(3)23-15)16(22)20(19-13)7-12(17)21/h4-6H,7H2,1-3H3,(H2,17,21). The fraction of sp³-hybridized carbons (Fsp3) is 0.250. The van der Waals surface area contributed by atoms with Crippen LogP contribution in [-0.4, -0.2) is 20.7 Å². The highest BCUT2D eigenvalue weighted by Crippen LogP contribution is 2.31. The minimum atomic E-state index is -0.613. The third-order valence-corrected chi connectivity index (χ3v) is 4.53. The molecule has 2 N–H and O–H groups in total. The summed E-state index contributed by atoms with van der Waals surface area (Å²) in [6.07, 6.45) is 0. The maximum atomic E-state index is 12.4. The van der Waals surface area contributed by atoms with E-state index >= 15 is 0 Å². The molecule has 1 aromatic carbocycles. The van der Waals surface area contributed by atoms with Crippen molar-refractivity contribution in [3.63, 3.8) is 0 Å². The van der Waals surface area contributed by atoms with Gasteiger partial charge in [-0.15, -0.1) is 11.3 Å². The first-order valence-electron chi connectivity index (χ1n) is 7.11. The Labute approximate surface area is 136 Å². The molecule has 6 nitrogen and oxygen atoms in total. The monoisotopic (exact) mass is 328 g/mol. The van der Waals surface area contributed by atoms with Gasteiger partial charge in [-0.1, -0.05) is 23.8 Å². The second-order valence-corrected chi connectivity index (χ2v) is 6.71. The van der Waals surface area contributed by atoms with Crippen molar-refractivity contribution in [3.05, 3.63) is 44.7 Å². The Morgan fingerprint density at radius 3 is 2.70 bits per heavy atom. The van der Waals surface area contributed by atoms with Gasteiger partial charge in [0, 0.05) is 5.56 Å². The van der Waals surface area contributed by atoms with Gasteiger partial charge in [-0.25, -0.2) is 9.67 Å². The first-order valence-corrected chi connectivity index (χ1v) is 7.92. The predicted molar refractivity (Wildman–Crippen MR) is 90.5 cm³/mol. The van der Waals surface area contributed by atoms with Crippen LogP contribution in [0.25, 0.3) is 21.5 Å².